The number of aliphatic hydroxyl groups is 1. The van der Waals surface area contributed by atoms with E-state index in [4.69, 9.17) is 16.3 Å². The summed E-state index contributed by atoms with van der Waals surface area (Å²) in [6, 6.07) is 1.27. The maximum Gasteiger partial charge on any atom is 0.263 e. The molecule has 8 heteroatoms. The summed E-state index contributed by atoms with van der Waals surface area (Å²) in [6.45, 7) is 0.655. The first-order chi connectivity index (χ1) is 10.0. The van der Waals surface area contributed by atoms with E-state index in [1.807, 2.05) is 0 Å². The number of amides is 2. The first-order valence-electron chi connectivity index (χ1n) is 6.51. The SMILES string of the molecule is COCC(=O)N1CC[C@@H](NC(=O)c2sccc2Cl)[C@H](O)C1. The fourth-order valence-electron chi connectivity index (χ4n) is 2.23. The Bertz CT molecular complexity index is 522. The number of halogens is 1. The summed E-state index contributed by atoms with van der Waals surface area (Å²) in [5, 5.41) is 15.0. The molecule has 116 valence electrons. The molecule has 2 rings (SSSR count). The monoisotopic (exact) mass is 332 g/mol. The molecule has 0 bridgehead atoms. The van der Waals surface area contributed by atoms with Gasteiger partial charge in [-0.1, -0.05) is 11.6 Å². The van der Waals surface area contributed by atoms with Crippen LogP contribution in [0.4, 0.5) is 0 Å². The topological polar surface area (TPSA) is 78.9 Å². The van der Waals surface area contributed by atoms with Gasteiger partial charge in [0.15, 0.2) is 0 Å². The summed E-state index contributed by atoms with van der Waals surface area (Å²) in [6.07, 6.45) is -0.312. The van der Waals surface area contributed by atoms with E-state index in [0.717, 1.165) is 0 Å². The number of nitrogens with one attached hydrogen (secondary N) is 1. The quantitative estimate of drug-likeness (QED) is 0.852. The van der Waals surface area contributed by atoms with Gasteiger partial charge in [0, 0.05) is 20.2 Å². The van der Waals surface area contributed by atoms with Gasteiger partial charge in [-0.15, -0.1) is 11.3 Å². The molecule has 1 aliphatic rings. The maximum absolute atomic E-state index is 12.1. The number of hydrogen-bond donors (Lipinski definition) is 2. The van der Waals surface area contributed by atoms with Crippen LogP contribution in [0.5, 0.6) is 0 Å². The van der Waals surface area contributed by atoms with Crippen molar-refractivity contribution in [3.05, 3.63) is 21.3 Å². The van der Waals surface area contributed by atoms with Crippen LogP contribution in [0.3, 0.4) is 0 Å². The number of aliphatic hydroxyl groups excluding tert-OH is 1. The molecule has 0 aromatic carbocycles. The van der Waals surface area contributed by atoms with E-state index in [1.54, 1.807) is 11.4 Å². The Balaban J connectivity index is 1.91. The second-order valence-electron chi connectivity index (χ2n) is 4.81. The zero-order chi connectivity index (χ0) is 15.4. The second kappa shape index (κ2) is 7.22. The van der Waals surface area contributed by atoms with Gasteiger partial charge in [0.25, 0.3) is 5.91 Å². The van der Waals surface area contributed by atoms with Crippen molar-refractivity contribution in [2.45, 2.75) is 18.6 Å². The first kappa shape index (κ1) is 16.2. The average Bonchev–Trinajstić information content (AvgIpc) is 2.87. The van der Waals surface area contributed by atoms with E-state index in [0.29, 0.717) is 22.9 Å². The third kappa shape index (κ3) is 3.94. The third-order valence-corrected chi connectivity index (χ3v) is 4.68. The van der Waals surface area contributed by atoms with E-state index in [2.05, 4.69) is 5.32 Å². The van der Waals surface area contributed by atoms with Crippen LogP contribution < -0.4 is 5.32 Å². The fourth-order valence-corrected chi connectivity index (χ4v) is 3.27. The summed E-state index contributed by atoms with van der Waals surface area (Å²) >= 11 is 7.16. The predicted octanol–water partition coefficient (Wildman–Crippen LogP) is 0.740. The molecule has 1 aliphatic heterocycles. The van der Waals surface area contributed by atoms with Crippen molar-refractivity contribution in [2.75, 3.05) is 26.8 Å². The number of likely N-dealkylation sites (tertiary alicyclic amines) is 1. The first-order valence-corrected chi connectivity index (χ1v) is 7.77. The highest BCUT2D eigenvalue weighted by Gasteiger charge is 2.31. The minimum Gasteiger partial charge on any atom is -0.389 e. The van der Waals surface area contributed by atoms with Crippen LogP contribution in [0.1, 0.15) is 16.1 Å². The van der Waals surface area contributed by atoms with Crippen molar-refractivity contribution in [1.29, 1.82) is 0 Å². The number of carbonyl (C=O) groups is 2. The third-order valence-electron chi connectivity index (χ3n) is 3.34. The highest BCUT2D eigenvalue weighted by atomic mass is 35.5. The summed E-state index contributed by atoms with van der Waals surface area (Å²) in [4.78, 5) is 25.7. The normalized spacial score (nSPS) is 22.1. The lowest BCUT2D eigenvalue weighted by Crippen LogP contribution is -2.55. The number of ether oxygens (including phenoxy) is 1. The van der Waals surface area contributed by atoms with Crippen LogP contribution in [0.2, 0.25) is 5.02 Å². The van der Waals surface area contributed by atoms with Crippen molar-refractivity contribution in [3.63, 3.8) is 0 Å². The Morgan fingerprint density at radius 1 is 1.62 bits per heavy atom. The van der Waals surface area contributed by atoms with Gasteiger partial charge in [-0.05, 0) is 17.9 Å². The van der Waals surface area contributed by atoms with Crippen molar-refractivity contribution in [3.8, 4) is 0 Å². The molecule has 1 saturated heterocycles. The molecule has 0 unspecified atom stereocenters. The predicted molar refractivity (Wildman–Crippen MR) is 79.7 cm³/mol. The van der Waals surface area contributed by atoms with Crippen molar-refractivity contribution in [2.24, 2.45) is 0 Å². The van der Waals surface area contributed by atoms with E-state index in [9.17, 15) is 14.7 Å². The van der Waals surface area contributed by atoms with E-state index >= 15 is 0 Å². The smallest absolute Gasteiger partial charge is 0.263 e. The fraction of sp³-hybridized carbons (Fsp3) is 0.538. The van der Waals surface area contributed by atoms with Gasteiger partial charge in [0.1, 0.15) is 11.5 Å². The highest BCUT2D eigenvalue weighted by Crippen LogP contribution is 2.22. The maximum atomic E-state index is 12.1. The van der Waals surface area contributed by atoms with Crippen LogP contribution in [0.25, 0.3) is 0 Å². The summed E-state index contributed by atoms with van der Waals surface area (Å²) in [5.41, 5.74) is 0. The van der Waals surface area contributed by atoms with E-state index < -0.39 is 6.10 Å². The molecule has 0 spiro atoms. The molecule has 21 heavy (non-hydrogen) atoms. The van der Waals surface area contributed by atoms with Crippen LogP contribution >= 0.6 is 22.9 Å². The van der Waals surface area contributed by atoms with Gasteiger partial charge in [-0.25, -0.2) is 0 Å². The second-order valence-corrected chi connectivity index (χ2v) is 6.13. The van der Waals surface area contributed by atoms with Crippen molar-refractivity contribution < 1.29 is 19.4 Å². The standard InChI is InChI=1S/C13H17ClN2O4S/c1-20-7-11(18)16-4-2-9(10(17)6-16)15-13(19)12-8(14)3-5-21-12/h3,5,9-10,17H,2,4,6-7H2,1H3,(H,15,19)/t9-,10-/m1/s1. The molecule has 6 nitrogen and oxygen atoms in total. The van der Waals surface area contributed by atoms with E-state index in [-0.39, 0.29) is 31.0 Å². The number of nitrogens with zero attached hydrogens (tertiary/aromatic N) is 1. The van der Waals surface area contributed by atoms with Crippen LogP contribution in [-0.2, 0) is 9.53 Å². The van der Waals surface area contributed by atoms with Gasteiger partial charge in [0.05, 0.1) is 17.2 Å². The highest BCUT2D eigenvalue weighted by molar-refractivity contribution is 7.12. The molecule has 2 atom stereocenters. The lowest BCUT2D eigenvalue weighted by atomic mass is 10.0. The molecule has 0 saturated carbocycles. The Hall–Kier alpha value is -1.15. The van der Waals surface area contributed by atoms with Crippen LogP contribution in [-0.4, -0.2) is 60.8 Å². The Labute approximate surface area is 131 Å². The molecular formula is C13H17ClN2O4S. The zero-order valence-electron chi connectivity index (χ0n) is 11.5. The molecule has 1 aromatic heterocycles. The molecule has 2 N–H and O–H groups in total. The average molecular weight is 333 g/mol. The molecule has 2 heterocycles. The van der Waals surface area contributed by atoms with Crippen molar-refractivity contribution in [1.82, 2.24) is 10.2 Å². The van der Waals surface area contributed by atoms with Crippen LogP contribution in [0.15, 0.2) is 11.4 Å². The van der Waals surface area contributed by atoms with Crippen LogP contribution in [0, 0.1) is 0 Å². The lowest BCUT2D eigenvalue weighted by Gasteiger charge is -2.36. The molecule has 1 aromatic rings. The number of rotatable bonds is 4. The number of carbonyl (C=O) groups excluding carboxylic acids is 2. The summed E-state index contributed by atoms with van der Waals surface area (Å²) in [7, 11) is 1.45. The van der Waals surface area contributed by atoms with E-state index in [1.165, 1.54) is 23.3 Å². The summed E-state index contributed by atoms with van der Waals surface area (Å²) < 4.78 is 4.79. The molecule has 1 fully saturated rings. The minimum absolute atomic E-state index is 0.00541. The minimum atomic E-state index is -0.803. The molecular weight excluding hydrogens is 316 g/mol. The van der Waals surface area contributed by atoms with Gasteiger partial charge in [-0.3, -0.25) is 9.59 Å². The van der Waals surface area contributed by atoms with Crippen molar-refractivity contribution >= 4 is 34.8 Å². The largest absolute Gasteiger partial charge is 0.389 e. The number of β-amino-alcohol motifs (C(OH)–C–C–N with tert-alkyl or cyclic N) is 1. The zero-order valence-corrected chi connectivity index (χ0v) is 13.1. The Morgan fingerprint density at radius 2 is 2.38 bits per heavy atom. The Morgan fingerprint density at radius 3 is 2.95 bits per heavy atom. The van der Waals surface area contributed by atoms with Gasteiger partial charge >= 0.3 is 0 Å². The number of thiophene rings is 1. The Kier molecular flexibility index (Phi) is 5.58. The van der Waals surface area contributed by atoms with Gasteiger partial charge < -0.3 is 20.1 Å². The lowest BCUT2D eigenvalue weighted by molar-refractivity contribution is -0.138. The molecule has 0 radical (unpaired) electrons. The number of methoxy groups -OCH3 is 1. The van der Waals surface area contributed by atoms with Gasteiger partial charge in [0.2, 0.25) is 5.91 Å². The number of piperidine rings is 1. The molecule has 0 aliphatic carbocycles. The number of hydrogen-bond acceptors (Lipinski definition) is 5. The van der Waals surface area contributed by atoms with Gasteiger partial charge in [-0.2, -0.15) is 0 Å². The summed E-state index contributed by atoms with van der Waals surface area (Å²) in [5.74, 6) is -0.460. The molecule has 2 amide bonds.